The molecule has 0 aliphatic heterocycles. The van der Waals surface area contributed by atoms with Crippen molar-refractivity contribution in [1.82, 2.24) is 0 Å². The van der Waals surface area contributed by atoms with Gasteiger partial charge in [0.15, 0.2) is 0 Å². The quantitative estimate of drug-likeness (QED) is 0.100. The molecule has 10 heteroatoms. The molecule has 0 aliphatic rings. The number of aromatic hydroxyl groups is 2. The molecule has 2 rings (SSSR count). The average Bonchev–Trinajstić information content (AvgIpc) is 2.84. The summed E-state index contributed by atoms with van der Waals surface area (Å²) in [6.07, 6.45) is 11.3. The molecule has 0 amide bonds. The standard InChI is InChI=1S/C12H22O4.2C7H8N2O/c13-11(14)9-7-5-3-1-2-4-6-8-10-12(15)16;2*8-9-5-6-3-1-2-4-7(6)10/h1-10H2,(H,13,14)(H,15,16);2*1-5,10H,8H2. The largest absolute Gasteiger partial charge is 0.507 e. The first kappa shape index (κ1) is 31.9. The molecule has 0 saturated carbocycles. The van der Waals surface area contributed by atoms with E-state index in [2.05, 4.69) is 10.2 Å². The van der Waals surface area contributed by atoms with Crippen molar-refractivity contribution in [2.75, 3.05) is 0 Å². The van der Waals surface area contributed by atoms with E-state index in [0.717, 1.165) is 51.4 Å². The number of hydrogen-bond donors (Lipinski definition) is 6. The number of nitrogens with zero attached hydrogens (tertiary/aromatic N) is 2. The van der Waals surface area contributed by atoms with Gasteiger partial charge in [-0.25, -0.2) is 0 Å². The van der Waals surface area contributed by atoms with Gasteiger partial charge in [-0.1, -0.05) is 62.8 Å². The summed E-state index contributed by atoms with van der Waals surface area (Å²) in [5.74, 6) is 8.73. The lowest BCUT2D eigenvalue weighted by Gasteiger charge is -2.00. The summed E-state index contributed by atoms with van der Waals surface area (Å²) in [7, 11) is 0. The van der Waals surface area contributed by atoms with Crippen molar-refractivity contribution >= 4 is 24.4 Å². The minimum Gasteiger partial charge on any atom is -0.507 e. The number of rotatable bonds is 13. The van der Waals surface area contributed by atoms with Crippen LogP contribution < -0.4 is 11.7 Å². The molecule has 0 aromatic heterocycles. The molecule has 0 unspecified atom stereocenters. The summed E-state index contributed by atoms with van der Waals surface area (Å²) in [4.78, 5) is 20.4. The summed E-state index contributed by atoms with van der Waals surface area (Å²) in [5.41, 5.74) is 1.26. The van der Waals surface area contributed by atoms with Crippen molar-refractivity contribution in [2.45, 2.75) is 64.2 Å². The van der Waals surface area contributed by atoms with Crippen LogP contribution in [0, 0.1) is 0 Å². The molecule has 0 fully saturated rings. The van der Waals surface area contributed by atoms with Crippen LogP contribution in [0.25, 0.3) is 0 Å². The zero-order valence-electron chi connectivity index (χ0n) is 20.5. The van der Waals surface area contributed by atoms with E-state index in [1.807, 2.05) is 0 Å². The van der Waals surface area contributed by atoms with E-state index in [9.17, 15) is 9.59 Å². The fraction of sp³-hybridized carbons (Fsp3) is 0.385. The number of unbranched alkanes of at least 4 members (excludes halogenated alkanes) is 7. The molecule has 0 radical (unpaired) electrons. The normalized spacial score (nSPS) is 10.3. The van der Waals surface area contributed by atoms with Gasteiger partial charge in [0.05, 0.1) is 12.4 Å². The molecule has 10 nitrogen and oxygen atoms in total. The number of carbonyl (C=O) groups is 2. The highest BCUT2D eigenvalue weighted by molar-refractivity contribution is 5.83. The zero-order chi connectivity index (χ0) is 27.0. The molecule has 8 N–H and O–H groups in total. The van der Waals surface area contributed by atoms with Gasteiger partial charge in [0.1, 0.15) is 11.5 Å². The Bertz CT molecular complexity index is 859. The lowest BCUT2D eigenvalue weighted by Crippen LogP contribution is -1.94. The van der Waals surface area contributed by atoms with E-state index < -0.39 is 11.9 Å². The Hall–Kier alpha value is -4.08. The zero-order valence-corrected chi connectivity index (χ0v) is 20.5. The van der Waals surface area contributed by atoms with Crippen molar-refractivity contribution in [3.63, 3.8) is 0 Å². The minimum absolute atomic E-state index is 0.191. The number of phenolic OH excluding ortho intramolecular Hbond substituents is 2. The number of hydrazone groups is 2. The number of hydrogen-bond acceptors (Lipinski definition) is 8. The fourth-order valence-electron chi connectivity index (χ4n) is 2.97. The first-order valence-electron chi connectivity index (χ1n) is 11.8. The lowest BCUT2D eigenvalue weighted by atomic mass is 10.1. The van der Waals surface area contributed by atoms with Crippen molar-refractivity contribution in [1.29, 1.82) is 0 Å². The van der Waals surface area contributed by atoms with Gasteiger partial charge in [-0.05, 0) is 37.1 Å². The number of para-hydroxylation sites is 2. The summed E-state index contributed by atoms with van der Waals surface area (Å²) in [5, 5.41) is 41.6. The topological polar surface area (TPSA) is 192 Å². The molecule has 36 heavy (non-hydrogen) atoms. The van der Waals surface area contributed by atoms with E-state index in [4.69, 9.17) is 32.1 Å². The highest BCUT2D eigenvalue weighted by Gasteiger charge is 1.98. The predicted octanol–water partition coefficient (Wildman–Crippen LogP) is 4.43. The van der Waals surface area contributed by atoms with E-state index in [0.29, 0.717) is 11.1 Å². The maximum atomic E-state index is 10.2. The number of benzene rings is 2. The second kappa shape index (κ2) is 21.5. The van der Waals surface area contributed by atoms with Crippen LogP contribution in [0.5, 0.6) is 11.5 Å². The van der Waals surface area contributed by atoms with E-state index in [-0.39, 0.29) is 24.3 Å². The SMILES string of the molecule is NN=Cc1ccccc1O.NN=Cc1ccccc1O.O=C(O)CCCCCCCCCCC(=O)O. The Morgan fingerprint density at radius 2 is 0.917 bits per heavy atom. The third-order valence-electron chi connectivity index (χ3n) is 4.83. The van der Waals surface area contributed by atoms with Gasteiger partial charge in [0.25, 0.3) is 0 Å². The van der Waals surface area contributed by atoms with Crippen molar-refractivity contribution in [3.05, 3.63) is 59.7 Å². The Labute approximate surface area is 212 Å². The fourth-order valence-corrected chi connectivity index (χ4v) is 2.97. The van der Waals surface area contributed by atoms with Crippen molar-refractivity contribution in [2.24, 2.45) is 21.9 Å². The predicted molar refractivity (Wildman–Crippen MR) is 141 cm³/mol. The summed E-state index contributed by atoms with van der Waals surface area (Å²) >= 11 is 0. The van der Waals surface area contributed by atoms with Gasteiger partial charge in [-0.2, -0.15) is 10.2 Å². The summed E-state index contributed by atoms with van der Waals surface area (Å²) < 4.78 is 0. The molecule has 2 aromatic rings. The number of nitrogens with two attached hydrogens (primary N) is 2. The first-order valence-corrected chi connectivity index (χ1v) is 11.8. The summed E-state index contributed by atoms with van der Waals surface area (Å²) in [6, 6.07) is 13.7. The van der Waals surface area contributed by atoms with Crippen LogP contribution in [-0.4, -0.2) is 44.8 Å². The number of phenols is 2. The van der Waals surface area contributed by atoms with Crippen LogP contribution in [0.15, 0.2) is 58.7 Å². The van der Waals surface area contributed by atoms with Crippen LogP contribution in [0.3, 0.4) is 0 Å². The molecule has 0 saturated heterocycles. The summed E-state index contributed by atoms with van der Waals surface area (Å²) in [6.45, 7) is 0. The van der Waals surface area contributed by atoms with Crippen molar-refractivity contribution < 1.29 is 30.0 Å². The maximum absolute atomic E-state index is 10.2. The van der Waals surface area contributed by atoms with Gasteiger partial charge in [0.2, 0.25) is 0 Å². The van der Waals surface area contributed by atoms with Crippen molar-refractivity contribution in [3.8, 4) is 11.5 Å². The van der Waals surface area contributed by atoms with Gasteiger partial charge in [-0.15, -0.1) is 0 Å². The molecule has 0 aliphatic carbocycles. The van der Waals surface area contributed by atoms with Gasteiger partial charge < -0.3 is 32.1 Å². The highest BCUT2D eigenvalue weighted by atomic mass is 16.4. The maximum Gasteiger partial charge on any atom is 0.303 e. The molecular formula is C26H38N4O6. The van der Waals surface area contributed by atoms with Gasteiger partial charge in [0, 0.05) is 24.0 Å². The Kier molecular flexibility index (Phi) is 19.0. The molecule has 0 spiro atoms. The third-order valence-corrected chi connectivity index (χ3v) is 4.83. The second-order valence-electron chi connectivity index (χ2n) is 7.79. The van der Waals surface area contributed by atoms with Crippen LogP contribution in [0.1, 0.15) is 75.3 Å². The molecular weight excluding hydrogens is 464 g/mol. The monoisotopic (exact) mass is 502 g/mol. The Morgan fingerprint density at radius 1 is 0.611 bits per heavy atom. The number of aliphatic carboxylic acids is 2. The molecule has 0 atom stereocenters. The smallest absolute Gasteiger partial charge is 0.303 e. The lowest BCUT2D eigenvalue weighted by molar-refractivity contribution is -0.138. The average molecular weight is 503 g/mol. The molecule has 2 aromatic carbocycles. The van der Waals surface area contributed by atoms with Crippen LogP contribution in [0.4, 0.5) is 0 Å². The molecule has 198 valence electrons. The third kappa shape index (κ3) is 18.4. The van der Waals surface area contributed by atoms with E-state index in [1.165, 1.54) is 12.4 Å². The Balaban J connectivity index is 0.000000532. The van der Waals surface area contributed by atoms with Crippen LogP contribution >= 0.6 is 0 Å². The first-order chi connectivity index (χ1) is 17.3. The van der Waals surface area contributed by atoms with Gasteiger partial charge in [-0.3, -0.25) is 9.59 Å². The number of carboxylic acid groups (broad SMARTS) is 2. The molecule has 0 bridgehead atoms. The van der Waals surface area contributed by atoms with Crippen LogP contribution in [-0.2, 0) is 9.59 Å². The number of carboxylic acids is 2. The van der Waals surface area contributed by atoms with Crippen LogP contribution in [0.2, 0.25) is 0 Å². The second-order valence-corrected chi connectivity index (χ2v) is 7.79. The minimum atomic E-state index is -0.714. The van der Waals surface area contributed by atoms with Gasteiger partial charge >= 0.3 is 11.9 Å². The Morgan fingerprint density at radius 3 is 1.19 bits per heavy atom. The highest BCUT2D eigenvalue weighted by Crippen LogP contribution is 2.13. The van der Waals surface area contributed by atoms with E-state index in [1.54, 1.807) is 48.5 Å². The van der Waals surface area contributed by atoms with E-state index >= 15 is 0 Å². The molecule has 0 heterocycles.